The minimum Gasteiger partial charge on any atom is -0.396 e. The van der Waals surface area contributed by atoms with Crippen LogP contribution >= 0.6 is 0 Å². The molecule has 0 atom stereocenters. The van der Waals surface area contributed by atoms with Gasteiger partial charge in [-0.2, -0.15) is 0 Å². The smallest absolute Gasteiger partial charge is 0.252 e. The number of pyridine rings is 1. The number of amides is 1. The van der Waals surface area contributed by atoms with Gasteiger partial charge in [-0.05, 0) is 25.5 Å². The third-order valence-corrected chi connectivity index (χ3v) is 2.32. The topological polar surface area (TPSA) is 79.4 Å². The lowest BCUT2D eigenvalue weighted by atomic mass is 10.2. The molecule has 0 saturated heterocycles. The van der Waals surface area contributed by atoms with E-state index in [2.05, 4.69) is 4.98 Å². The van der Waals surface area contributed by atoms with Crippen molar-refractivity contribution in [3.8, 4) is 0 Å². The van der Waals surface area contributed by atoms with E-state index in [1.807, 2.05) is 11.8 Å². The van der Waals surface area contributed by atoms with Crippen LogP contribution in [0.25, 0.3) is 0 Å². The van der Waals surface area contributed by atoms with Crippen molar-refractivity contribution < 1.29 is 9.90 Å². The van der Waals surface area contributed by atoms with Crippen molar-refractivity contribution in [1.82, 2.24) is 4.98 Å². The maximum absolute atomic E-state index is 11.2. The van der Waals surface area contributed by atoms with Gasteiger partial charge in [-0.1, -0.05) is 0 Å². The second-order valence-electron chi connectivity index (χ2n) is 3.40. The third-order valence-electron chi connectivity index (χ3n) is 2.32. The van der Waals surface area contributed by atoms with Crippen LogP contribution in [0.1, 0.15) is 23.7 Å². The van der Waals surface area contributed by atoms with E-state index in [1.165, 1.54) is 0 Å². The van der Waals surface area contributed by atoms with Gasteiger partial charge in [0.05, 0.1) is 5.56 Å². The molecule has 0 aromatic carbocycles. The van der Waals surface area contributed by atoms with E-state index in [9.17, 15) is 4.79 Å². The molecule has 0 aliphatic carbocycles. The van der Waals surface area contributed by atoms with E-state index in [0.29, 0.717) is 24.3 Å². The number of nitrogens with two attached hydrogens (primary N) is 1. The number of aromatic nitrogens is 1. The van der Waals surface area contributed by atoms with Gasteiger partial charge in [0.15, 0.2) is 0 Å². The summed E-state index contributed by atoms with van der Waals surface area (Å²) in [7, 11) is 0. The summed E-state index contributed by atoms with van der Waals surface area (Å²) in [6.45, 7) is 3.47. The van der Waals surface area contributed by atoms with Crippen LogP contribution in [-0.2, 0) is 0 Å². The average molecular weight is 223 g/mol. The van der Waals surface area contributed by atoms with Gasteiger partial charge in [0.2, 0.25) is 0 Å². The van der Waals surface area contributed by atoms with E-state index in [0.717, 1.165) is 6.54 Å². The predicted molar refractivity (Wildman–Crippen MR) is 62.3 cm³/mol. The Morgan fingerprint density at radius 1 is 1.62 bits per heavy atom. The molecule has 1 aromatic heterocycles. The van der Waals surface area contributed by atoms with E-state index < -0.39 is 5.91 Å². The summed E-state index contributed by atoms with van der Waals surface area (Å²) in [5.74, 6) is 0.108. The predicted octanol–water partition coefficient (Wildman–Crippen LogP) is 0.389. The maximum Gasteiger partial charge on any atom is 0.252 e. The monoisotopic (exact) mass is 223 g/mol. The van der Waals surface area contributed by atoms with E-state index in [1.54, 1.807) is 18.3 Å². The molecular weight excluding hydrogens is 206 g/mol. The third kappa shape index (κ3) is 2.93. The Hall–Kier alpha value is -1.62. The zero-order chi connectivity index (χ0) is 12.0. The van der Waals surface area contributed by atoms with Gasteiger partial charge < -0.3 is 15.7 Å². The van der Waals surface area contributed by atoms with Crippen LogP contribution in [-0.4, -0.2) is 35.7 Å². The molecule has 1 aromatic rings. The lowest BCUT2D eigenvalue weighted by molar-refractivity contribution is 0.100. The number of hydrogen-bond acceptors (Lipinski definition) is 4. The second-order valence-corrected chi connectivity index (χ2v) is 3.40. The molecule has 3 N–H and O–H groups in total. The van der Waals surface area contributed by atoms with Crippen molar-refractivity contribution in [2.24, 2.45) is 5.73 Å². The molecule has 16 heavy (non-hydrogen) atoms. The minimum absolute atomic E-state index is 0.120. The zero-order valence-electron chi connectivity index (χ0n) is 9.39. The Bertz CT molecular complexity index is 355. The summed E-state index contributed by atoms with van der Waals surface area (Å²) in [5, 5.41) is 8.80. The summed E-state index contributed by atoms with van der Waals surface area (Å²) < 4.78 is 0. The number of hydrogen-bond donors (Lipinski definition) is 2. The van der Waals surface area contributed by atoms with Crippen LogP contribution in [0.15, 0.2) is 18.3 Å². The molecule has 0 unspecified atom stereocenters. The van der Waals surface area contributed by atoms with Gasteiger partial charge in [0.25, 0.3) is 5.91 Å². The Morgan fingerprint density at radius 3 is 2.94 bits per heavy atom. The van der Waals surface area contributed by atoms with E-state index in [4.69, 9.17) is 10.8 Å². The molecule has 5 nitrogen and oxygen atoms in total. The summed E-state index contributed by atoms with van der Waals surface area (Å²) in [6.07, 6.45) is 2.27. The first-order chi connectivity index (χ1) is 7.70. The molecule has 0 fully saturated rings. The molecule has 5 heteroatoms. The van der Waals surface area contributed by atoms with Gasteiger partial charge in [-0.25, -0.2) is 4.98 Å². The normalized spacial score (nSPS) is 10.1. The number of primary amides is 1. The lowest BCUT2D eigenvalue weighted by Crippen LogP contribution is -2.28. The van der Waals surface area contributed by atoms with Gasteiger partial charge >= 0.3 is 0 Å². The van der Waals surface area contributed by atoms with Crippen molar-refractivity contribution in [2.45, 2.75) is 13.3 Å². The molecule has 0 spiro atoms. The van der Waals surface area contributed by atoms with Crippen molar-refractivity contribution in [2.75, 3.05) is 24.6 Å². The average Bonchev–Trinajstić information content (AvgIpc) is 2.30. The molecular formula is C11H17N3O2. The number of aliphatic hydroxyl groups excluding tert-OH is 1. The molecule has 88 valence electrons. The highest BCUT2D eigenvalue weighted by molar-refractivity contribution is 5.97. The Balaban J connectivity index is 2.94. The lowest BCUT2D eigenvalue weighted by Gasteiger charge is -2.23. The van der Waals surface area contributed by atoms with Gasteiger partial charge in [0, 0.05) is 25.9 Å². The summed E-state index contributed by atoms with van der Waals surface area (Å²) in [5.41, 5.74) is 5.70. The fourth-order valence-electron chi connectivity index (χ4n) is 1.52. The van der Waals surface area contributed by atoms with Crippen LogP contribution in [0, 0.1) is 0 Å². The van der Waals surface area contributed by atoms with E-state index in [-0.39, 0.29) is 6.61 Å². The number of carbonyl (C=O) groups excluding carboxylic acids is 1. The number of rotatable bonds is 6. The molecule has 0 bridgehead atoms. The highest BCUT2D eigenvalue weighted by atomic mass is 16.3. The zero-order valence-corrected chi connectivity index (χ0v) is 9.39. The van der Waals surface area contributed by atoms with Crippen LogP contribution in [0.3, 0.4) is 0 Å². The van der Waals surface area contributed by atoms with Crippen LogP contribution in [0.4, 0.5) is 5.82 Å². The Morgan fingerprint density at radius 2 is 2.38 bits per heavy atom. The first-order valence-corrected chi connectivity index (χ1v) is 5.31. The minimum atomic E-state index is -0.481. The van der Waals surface area contributed by atoms with Gasteiger partial charge in [-0.15, -0.1) is 0 Å². The summed E-state index contributed by atoms with van der Waals surface area (Å²) in [4.78, 5) is 17.3. The highest BCUT2D eigenvalue weighted by Crippen LogP contribution is 2.16. The summed E-state index contributed by atoms with van der Waals surface area (Å²) in [6, 6.07) is 3.34. The SMILES string of the molecule is CCN(CCCO)c1ncccc1C(N)=O. The molecule has 1 amide bonds. The fourth-order valence-corrected chi connectivity index (χ4v) is 1.52. The molecule has 0 aliphatic heterocycles. The fraction of sp³-hybridized carbons (Fsp3) is 0.455. The molecule has 1 rings (SSSR count). The molecule has 1 heterocycles. The Labute approximate surface area is 94.9 Å². The number of carbonyl (C=O) groups is 1. The molecule has 0 radical (unpaired) electrons. The second kappa shape index (κ2) is 6.07. The van der Waals surface area contributed by atoms with Crippen molar-refractivity contribution in [3.05, 3.63) is 23.9 Å². The number of anilines is 1. The van der Waals surface area contributed by atoms with Gasteiger partial charge in [-0.3, -0.25) is 4.79 Å². The highest BCUT2D eigenvalue weighted by Gasteiger charge is 2.13. The number of aliphatic hydroxyl groups is 1. The molecule has 0 aliphatic rings. The summed E-state index contributed by atoms with van der Waals surface area (Å²) >= 11 is 0. The Kier molecular flexibility index (Phi) is 4.72. The van der Waals surface area contributed by atoms with Crippen molar-refractivity contribution in [3.63, 3.8) is 0 Å². The quantitative estimate of drug-likeness (QED) is 0.731. The first-order valence-electron chi connectivity index (χ1n) is 5.31. The van der Waals surface area contributed by atoms with Crippen LogP contribution in [0.2, 0.25) is 0 Å². The molecule has 0 saturated carbocycles. The van der Waals surface area contributed by atoms with Crippen LogP contribution in [0.5, 0.6) is 0 Å². The number of nitrogens with zero attached hydrogens (tertiary/aromatic N) is 2. The van der Waals surface area contributed by atoms with Crippen molar-refractivity contribution >= 4 is 11.7 Å². The first kappa shape index (κ1) is 12.4. The van der Waals surface area contributed by atoms with E-state index >= 15 is 0 Å². The largest absolute Gasteiger partial charge is 0.396 e. The van der Waals surface area contributed by atoms with Crippen LogP contribution < -0.4 is 10.6 Å². The van der Waals surface area contributed by atoms with Crippen molar-refractivity contribution in [1.29, 1.82) is 0 Å². The maximum atomic E-state index is 11.2. The standard InChI is InChI=1S/C11H17N3O2/c1-2-14(7-4-8-15)11-9(10(12)16)5-3-6-13-11/h3,5-6,15H,2,4,7-8H2,1H3,(H2,12,16). The van der Waals surface area contributed by atoms with Gasteiger partial charge in [0.1, 0.15) is 5.82 Å².